The van der Waals surface area contributed by atoms with E-state index in [1.165, 1.54) is 18.2 Å². The average Bonchev–Trinajstić information content (AvgIpc) is 2.46. The number of nitrogens with one attached hydrogen (secondary N) is 2. The predicted molar refractivity (Wildman–Crippen MR) is 80.7 cm³/mol. The number of nitrogens with two attached hydrogens (primary N) is 1. The molecule has 0 unspecified atom stereocenters. The molecule has 0 bridgehead atoms. The van der Waals surface area contributed by atoms with Gasteiger partial charge in [-0.25, -0.2) is 13.6 Å². The number of rotatable bonds is 2. The van der Waals surface area contributed by atoms with E-state index < -0.39 is 31.8 Å². The van der Waals surface area contributed by atoms with Crippen molar-refractivity contribution >= 4 is 37.5 Å². The summed E-state index contributed by atoms with van der Waals surface area (Å²) in [5.74, 6) is 0. The SMILES string of the molecule is NS(=O)(=O)c1cccc2c1cc([N+](=O)[O-])c1[nH]c(=O)c(=O)[nH]c12. The molecule has 2 aromatic carbocycles. The van der Waals surface area contributed by atoms with E-state index in [2.05, 4.69) is 9.97 Å². The molecule has 1 aromatic heterocycles. The average molecular weight is 336 g/mol. The van der Waals surface area contributed by atoms with Gasteiger partial charge >= 0.3 is 11.1 Å². The van der Waals surface area contributed by atoms with Crippen molar-refractivity contribution in [2.75, 3.05) is 0 Å². The van der Waals surface area contributed by atoms with Crippen molar-refractivity contribution in [3.05, 3.63) is 55.1 Å². The zero-order chi connectivity index (χ0) is 16.9. The molecule has 0 aliphatic heterocycles. The van der Waals surface area contributed by atoms with Crippen LogP contribution in [0.2, 0.25) is 0 Å². The van der Waals surface area contributed by atoms with Crippen molar-refractivity contribution in [2.24, 2.45) is 5.14 Å². The number of hydrogen-bond donors (Lipinski definition) is 3. The largest absolute Gasteiger partial charge is 0.315 e. The van der Waals surface area contributed by atoms with Crippen molar-refractivity contribution in [1.29, 1.82) is 0 Å². The molecule has 0 radical (unpaired) electrons. The van der Waals surface area contributed by atoms with Gasteiger partial charge < -0.3 is 9.97 Å². The Morgan fingerprint density at radius 2 is 1.65 bits per heavy atom. The van der Waals surface area contributed by atoms with E-state index in [0.717, 1.165) is 6.07 Å². The molecule has 118 valence electrons. The van der Waals surface area contributed by atoms with Crippen LogP contribution in [0.15, 0.2) is 38.8 Å². The summed E-state index contributed by atoms with van der Waals surface area (Å²) < 4.78 is 23.3. The lowest BCUT2D eigenvalue weighted by atomic mass is 10.1. The third kappa shape index (κ3) is 2.27. The predicted octanol–water partition coefficient (Wildman–Crippen LogP) is -0.0748. The number of hydrogen-bond acceptors (Lipinski definition) is 6. The molecule has 0 spiro atoms. The van der Waals surface area contributed by atoms with Gasteiger partial charge in [-0.1, -0.05) is 12.1 Å². The standard InChI is InChI=1S/C12H8N4O6S/c13-23(21,22)8-3-1-2-5-6(8)4-7(16(19)20)10-9(5)14-11(17)12(18)15-10/h1-4H,(H,14,17)(H,15,18)(H2,13,21,22). The third-order valence-electron chi connectivity index (χ3n) is 3.31. The van der Waals surface area contributed by atoms with Crippen LogP contribution in [0.1, 0.15) is 0 Å². The van der Waals surface area contributed by atoms with E-state index in [1.54, 1.807) is 0 Å². The lowest BCUT2D eigenvalue weighted by molar-refractivity contribution is -0.383. The number of benzene rings is 2. The number of non-ortho nitro benzene ring substituents is 1. The van der Waals surface area contributed by atoms with Crippen molar-refractivity contribution in [1.82, 2.24) is 9.97 Å². The van der Waals surface area contributed by atoms with Crippen LogP contribution in [0.5, 0.6) is 0 Å². The zero-order valence-electron chi connectivity index (χ0n) is 11.2. The molecule has 4 N–H and O–H groups in total. The maximum atomic E-state index is 11.7. The summed E-state index contributed by atoms with van der Waals surface area (Å²) in [4.78, 5) is 37.4. The van der Waals surface area contributed by atoms with Crippen molar-refractivity contribution in [2.45, 2.75) is 4.90 Å². The summed E-state index contributed by atoms with van der Waals surface area (Å²) in [5.41, 5.74) is -2.89. The maximum Gasteiger partial charge on any atom is 0.314 e. The lowest BCUT2D eigenvalue weighted by Crippen LogP contribution is -2.29. The molecular weight excluding hydrogens is 328 g/mol. The number of sulfonamides is 1. The van der Waals surface area contributed by atoms with Crippen molar-refractivity contribution in [3.63, 3.8) is 0 Å². The minimum absolute atomic E-state index is 0.0306. The van der Waals surface area contributed by atoms with E-state index >= 15 is 0 Å². The Balaban J connectivity index is 2.70. The highest BCUT2D eigenvalue weighted by Gasteiger charge is 2.21. The fraction of sp³-hybridized carbons (Fsp3) is 0. The molecule has 0 saturated heterocycles. The first-order chi connectivity index (χ1) is 10.7. The van der Waals surface area contributed by atoms with Gasteiger partial charge in [0.2, 0.25) is 10.0 Å². The van der Waals surface area contributed by atoms with Gasteiger partial charge in [0.25, 0.3) is 5.69 Å². The number of nitrogens with zero attached hydrogens (tertiary/aromatic N) is 1. The Morgan fingerprint density at radius 3 is 2.22 bits per heavy atom. The van der Waals surface area contributed by atoms with Crippen molar-refractivity contribution in [3.8, 4) is 0 Å². The summed E-state index contributed by atoms with van der Waals surface area (Å²) in [6, 6.07) is 5.00. The number of aromatic nitrogens is 2. The number of aromatic amines is 2. The monoisotopic (exact) mass is 336 g/mol. The molecule has 0 aliphatic carbocycles. The first-order valence-corrected chi connectivity index (χ1v) is 7.64. The first-order valence-electron chi connectivity index (χ1n) is 6.09. The smallest absolute Gasteiger partial charge is 0.314 e. The maximum absolute atomic E-state index is 11.7. The normalized spacial score (nSPS) is 11.9. The first kappa shape index (κ1) is 14.9. The highest BCUT2D eigenvalue weighted by molar-refractivity contribution is 7.89. The Kier molecular flexibility index (Phi) is 3.05. The number of nitro groups is 1. The quantitative estimate of drug-likeness (QED) is 0.256. The van der Waals surface area contributed by atoms with E-state index in [4.69, 9.17) is 5.14 Å². The van der Waals surface area contributed by atoms with Crippen LogP contribution in [0.25, 0.3) is 21.8 Å². The van der Waals surface area contributed by atoms with Gasteiger partial charge in [0.1, 0.15) is 5.52 Å². The minimum atomic E-state index is -4.15. The molecular formula is C12H8N4O6S. The van der Waals surface area contributed by atoms with Gasteiger partial charge in [0, 0.05) is 16.8 Å². The van der Waals surface area contributed by atoms with Gasteiger partial charge in [-0.3, -0.25) is 19.7 Å². The molecule has 1 heterocycles. The van der Waals surface area contributed by atoms with Gasteiger partial charge in [-0.15, -0.1) is 0 Å². The van der Waals surface area contributed by atoms with Crippen LogP contribution in [0.3, 0.4) is 0 Å². The molecule has 10 nitrogen and oxygen atoms in total. The molecule has 0 fully saturated rings. The van der Waals surface area contributed by atoms with E-state index in [0.29, 0.717) is 0 Å². The van der Waals surface area contributed by atoms with Gasteiger partial charge in [-0.2, -0.15) is 0 Å². The van der Waals surface area contributed by atoms with Gasteiger partial charge in [0.05, 0.1) is 15.3 Å². The molecule has 0 saturated carbocycles. The molecule has 3 aromatic rings. The van der Waals surface area contributed by atoms with E-state index in [1.807, 2.05) is 0 Å². The number of H-pyrrole nitrogens is 2. The molecule has 0 aliphatic rings. The third-order valence-corrected chi connectivity index (χ3v) is 4.28. The van der Waals surface area contributed by atoms with Crippen LogP contribution in [0.4, 0.5) is 5.69 Å². The molecule has 0 amide bonds. The zero-order valence-corrected chi connectivity index (χ0v) is 12.0. The second-order valence-corrected chi connectivity index (χ2v) is 6.24. The lowest BCUT2D eigenvalue weighted by Gasteiger charge is -2.08. The van der Waals surface area contributed by atoms with Gasteiger partial charge in [0.15, 0.2) is 0 Å². The van der Waals surface area contributed by atoms with Crippen LogP contribution >= 0.6 is 0 Å². The molecule has 11 heteroatoms. The second-order valence-electron chi connectivity index (χ2n) is 4.71. The highest BCUT2D eigenvalue weighted by Crippen LogP contribution is 2.32. The Bertz CT molecular complexity index is 1210. The Labute approximate surface area is 126 Å². The van der Waals surface area contributed by atoms with Crippen LogP contribution in [-0.2, 0) is 10.0 Å². The number of fused-ring (bicyclic) bond motifs is 3. The van der Waals surface area contributed by atoms with Gasteiger partial charge in [-0.05, 0) is 6.07 Å². The van der Waals surface area contributed by atoms with Crippen LogP contribution < -0.4 is 16.3 Å². The molecule has 23 heavy (non-hydrogen) atoms. The Morgan fingerprint density at radius 1 is 1.04 bits per heavy atom. The van der Waals surface area contributed by atoms with E-state index in [-0.39, 0.29) is 26.7 Å². The second kappa shape index (κ2) is 4.72. The van der Waals surface area contributed by atoms with Crippen molar-refractivity contribution < 1.29 is 13.3 Å². The van der Waals surface area contributed by atoms with E-state index in [9.17, 15) is 28.1 Å². The fourth-order valence-electron chi connectivity index (χ4n) is 2.37. The highest BCUT2D eigenvalue weighted by atomic mass is 32.2. The summed E-state index contributed by atoms with van der Waals surface area (Å²) in [7, 11) is -4.15. The summed E-state index contributed by atoms with van der Waals surface area (Å²) in [6.45, 7) is 0. The summed E-state index contributed by atoms with van der Waals surface area (Å²) in [6.07, 6.45) is 0. The van der Waals surface area contributed by atoms with Crippen LogP contribution in [-0.4, -0.2) is 23.3 Å². The number of nitro benzene ring substituents is 1. The summed E-state index contributed by atoms with van der Waals surface area (Å²) >= 11 is 0. The fourth-order valence-corrected chi connectivity index (χ4v) is 3.12. The Hall–Kier alpha value is -3.05. The minimum Gasteiger partial charge on any atom is -0.315 e. The topological polar surface area (TPSA) is 169 Å². The summed E-state index contributed by atoms with van der Waals surface area (Å²) in [5, 5.41) is 16.5. The molecule has 3 rings (SSSR count). The van der Waals surface area contributed by atoms with Crippen LogP contribution in [0, 0.1) is 10.1 Å². The number of primary sulfonamides is 1. The molecule has 0 atom stereocenters.